The molecule has 1 aromatic carbocycles. The highest BCUT2D eigenvalue weighted by atomic mass is 16.5. The summed E-state index contributed by atoms with van der Waals surface area (Å²) < 4.78 is 13.2. The molecule has 6 aromatic heterocycles. The molecular formula is C64H98N10O. The van der Waals surface area contributed by atoms with Gasteiger partial charge in [0.05, 0.1) is 59.3 Å². The van der Waals surface area contributed by atoms with E-state index in [1.54, 1.807) is 13.3 Å². The molecule has 75 heavy (non-hydrogen) atoms. The normalized spacial score (nSPS) is 12.8. The first-order valence-corrected chi connectivity index (χ1v) is 26.8. The second kappa shape index (κ2) is 22.4. The quantitative estimate of drug-likeness (QED) is 0.173. The summed E-state index contributed by atoms with van der Waals surface area (Å²) in [5.41, 5.74) is 15.4. The molecule has 410 valence electrons. The summed E-state index contributed by atoms with van der Waals surface area (Å²) in [4.78, 5) is 8.67. The van der Waals surface area contributed by atoms with E-state index in [0.717, 1.165) is 39.8 Å². The zero-order valence-corrected chi connectivity index (χ0v) is 52.0. The molecular weight excluding hydrogens is 925 g/mol. The highest BCUT2D eigenvalue weighted by Crippen LogP contribution is 2.34. The van der Waals surface area contributed by atoms with Crippen molar-refractivity contribution in [1.29, 1.82) is 0 Å². The number of aryl methyl sites for hydroxylation is 3. The summed E-state index contributed by atoms with van der Waals surface area (Å²) in [6.45, 7) is 57.1. The Bertz CT molecular complexity index is 2810. The Morgan fingerprint density at radius 3 is 0.920 bits per heavy atom. The Balaban J connectivity index is 0.000000218. The molecule has 0 spiro atoms. The van der Waals surface area contributed by atoms with Crippen LogP contribution in [-0.2, 0) is 50.4 Å². The summed E-state index contributed by atoms with van der Waals surface area (Å²) >= 11 is 0. The van der Waals surface area contributed by atoms with Crippen molar-refractivity contribution in [2.75, 3.05) is 7.11 Å². The van der Waals surface area contributed by atoms with Crippen LogP contribution in [0.1, 0.15) is 223 Å². The van der Waals surface area contributed by atoms with E-state index in [2.05, 4.69) is 247 Å². The van der Waals surface area contributed by atoms with Crippen LogP contribution in [-0.4, -0.2) is 56.2 Å². The van der Waals surface area contributed by atoms with E-state index in [-0.39, 0.29) is 43.3 Å². The van der Waals surface area contributed by atoms with Crippen LogP contribution in [0.3, 0.4) is 0 Å². The molecule has 0 saturated heterocycles. The fourth-order valence-corrected chi connectivity index (χ4v) is 7.86. The Morgan fingerprint density at radius 2 is 0.653 bits per heavy atom. The molecule has 11 heteroatoms. The summed E-state index contributed by atoms with van der Waals surface area (Å²) in [6, 6.07) is 25.4. The van der Waals surface area contributed by atoms with Crippen LogP contribution in [0, 0.1) is 13.8 Å². The van der Waals surface area contributed by atoms with Crippen molar-refractivity contribution in [2.24, 2.45) is 7.05 Å². The molecule has 0 amide bonds. The highest BCUT2D eigenvalue weighted by molar-refractivity contribution is 5.40. The third-order valence-electron chi connectivity index (χ3n) is 12.7. The third-order valence-corrected chi connectivity index (χ3v) is 12.7. The predicted octanol–water partition coefficient (Wildman–Crippen LogP) is 15.8. The van der Waals surface area contributed by atoms with Crippen LogP contribution in [0.15, 0.2) is 85.2 Å². The van der Waals surface area contributed by atoms with Crippen molar-refractivity contribution in [2.45, 2.75) is 223 Å². The molecule has 7 aromatic rings. The van der Waals surface area contributed by atoms with Gasteiger partial charge < -0.3 is 4.74 Å². The summed E-state index contributed by atoms with van der Waals surface area (Å²) in [5, 5.41) is 19.1. The van der Waals surface area contributed by atoms with Gasteiger partial charge in [-0.15, -0.1) is 0 Å². The van der Waals surface area contributed by atoms with Crippen molar-refractivity contribution < 1.29 is 4.74 Å². The first kappa shape index (κ1) is 61.7. The smallest absolute Gasteiger partial charge is 0.213 e. The van der Waals surface area contributed by atoms with E-state index >= 15 is 0 Å². The maximum Gasteiger partial charge on any atom is 0.213 e. The van der Waals surface area contributed by atoms with Crippen molar-refractivity contribution in [1.82, 2.24) is 49.1 Å². The molecule has 11 nitrogen and oxygen atoms in total. The summed E-state index contributed by atoms with van der Waals surface area (Å²) in [5.74, 6) is 0.610. The van der Waals surface area contributed by atoms with Gasteiger partial charge in [-0.1, -0.05) is 184 Å². The van der Waals surface area contributed by atoms with Crippen LogP contribution in [0.2, 0.25) is 0 Å². The fraction of sp³-hybridized carbons (Fsp3) is 0.562. The van der Waals surface area contributed by atoms with Crippen LogP contribution in [0.4, 0.5) is 0 Å². The molecule has 0 radical (unpaired) electrons. The largest absolute Gasteiger partial charge is 0.481 e. The number of methoxy groups -OCH3 is 1. The van der Waals surface area contributed by atoms with Crippen molar-refractivity contribution in [3.05, 3.63) is 142 Å². The van der Waals surface area contributed by atoms with Gasteiger partial charge in [0.1, 0.15) is 0 Å². The van der Waals surface area contributed by atoms with Gasteiger partial charge in [-0.2, -0.15) is 20.4 Å². The highest BCUT2D eigenvalue weighted by Gasteiger charge is 2.30. The second-order valence-corrected chi connectivity index (χ2v) is 28.6. The van der Waals surface area contributed by atoms with E-state index in [9.17, 15) is 0 Å². The lowest BCUT2D eigenvalue weighted by atomic mass is 9.88. The molecule has 7 rings (SSSR count). The monoisotopic (exact) mass is 1020 g/mol. The molecule has 0 fully saturated rings. The number of aromatic nitrogens is 10. The summed E-state index contributed by atoms with van der Waals surface area (Å²) in [7, 11) is 3.64. The SMILES string of the molecule is COc1ccc(-n2nc(C(C)(C)C)cc2C(C)(C)C)cn1.Cc1ccc(-n2nc(C(C)(C)C)cc2C(C)(C)C)cc1.Cc1ccc(-n2nc(C(C)(C)C)cc2C(C)(C)C)cn1.Cn1nc(C(C)(C)C)cc1C(C)(C)C. The third kappa shape index (κ3) is 16.6. The lowest BCUT2D eigenvalue weighted by Crippen LogP contribution is -2.17. The predicted molar refractivity (Wildman–Crippen MR) is 315 cm³/mol. The number of ether oxygens (including phenoxy) is 1. The zero-order chi connectivity index (χ0) is 57.2. The minimum atomic E-state index is 0.0103. The van der Waals surface area contributed by atoms with Gasteiger partial charge >= 0.3 is 0 Å². The van der Waals surface area contributed by atoms with Gasteiger partial charge in [0, 0.05) is 84.9 Å². The van der Waals surface area contributed by atoms with Crippen molar-refractivity contribution in [3.63, 3.8) is 0 Å². The maximum absolute atomic E-state index is 5.12. The average molecular weight is 1020 g/mol. The van der Waals surface area contributed by atoms with Crippen LogP contribution < -0.4 is 4.74 Å². The molecule has 0 aliphatic rings. The lowest BCUT2D eigenvalue weighted by molar-refractivity contribution is 0.397. The van der Waals surface area contributed by atoms with E-state index in [4.69, 9.17) is 20.0 Å². The fourth-order valence-electron chi connectivity index (χ4n) is 7.86. The Morgan fingerprint density at radius 1 is 0.347 bits per heavy atom. The number of nitrogens with zero attached hydrogens (tertiary/aromatic N) is 10. The first-order chi connectivity index (χ1) is 33.9. The van der Waals surface area contributed by atoms with E-state index in [1.165, 1.54) is 34.0 Å². The van der Waals surface area contributed by atoms with Crippen molar-refractivity contribution >= 4 is 0 Å². The first-order valence-electron chi connectivity index (χ1n) is 26.8. The molecule has 0 aliphatic carbocycles. The Hall–Kier alpha value is -5.84. The topological polar surface area (TPSA) is 106 Å². The van der Waals surface area contributed by atoms with Gasteiger partial charge in [-0.25, -0.2) is 19.0 Å². The molecule has 0 unspecified atom stereocenters. The number of hydrogen-bond acceptors (Lipinski definition) is 7. The van der Waals surface area contributed by atoms with Crippen LogP contribution >= 0.6 is 0 Å². The molecule has 0 atom stereocenters. The molecule has 0 aliphatic heterocycles. The number of benzene rings is 1. The molecule has 6 heterocycles. The van der Waals surface area contributed by atoms with Crippen LogP contribution in [0.5, 0.6) is 5.88 Å². The molecule has 0 saturated carbocycles. The lowest BCUT2D eigenvalue weighted by Gasteiger charge is -2.20. The standard InChI is InChI=1S/C18H26N2.C17H25N3O.C17H25N3.C12H22N2/c1-13-8-10-14(11-9-13)20-16(18(5,6)7)12-15(19-20)17(2,3)4;1-16(2,3)13-10-14(17(4,5)6)20(19-13)12-8-9-15(21-7)18-11-12;1-12-8-9-13(11-18-12)20-15(17(5,6)7)10-14(19-20)16(2,3)4;1-11(2,3)9-8-10(12(4,5)6)14(7)13-9/h8-12H,1-7H3;8-11H,1-7H3;8-11H,1-7H3;8H,1-7H3. The van der Waals surface area contributed by atoms with E-state index < -0.39 is 0 Å². The Kier molecular flexibility index (Phi) is 18.4. The van der Waals surface area contributed by atoms with Crippen molar-refractivity contribution in [3.8, 4) is 22.9 Å². The van der Waals surface area contributed by atoms with E-state index in [0.29, 0.717) is 5.88 Å². The molecule has 0 bridgehead atoms. The summed E-state index contributed by atoms with van der Waals surface area (Å²) in [6.07, 6.45) is 3.69. The molecule has 0 N–H and O–H groups in total. The minimum absolute atomic E-state index is 0.0103. The Labute approximate surface area is 454 Å². The van der Waals surface area contributed by atoms with Gasteiger partial charge in [-0.05, 0) is 68.4 Å². The number of rotatable bonds is 4. The van der Waals surface area contributed by atoms with Gasteiger partial charge in [0.15, 0.2) is 0 Å². The zero-order valence-electron chi connectivity index (χ0n) is 52.0. The number of hydrogen-bond donors (Lipinski definition) is 0. The maximum atomic E-state index is 5.12. The minimum Gasteiger partial charge on any atom is -0.481 e. The van der Waals surface area contributed by atoms with Gasteiger partial charge in [0.25, 0.3) is 0 Å². The van der Waals surface area contributed by atoms with E-state index in [1.807, 2.05) is 52.4 Å². The van der Waals surface area contributed by atoms with Gasteiger partial charge in [0.2, 0.25) is 5.88 Å². The number of pyridine rings is 2. The second-order valence-electron chi connectivity index (χ2n) is 28.6. The van der Waals surface area contributed by atoms with Crippen LogP contribution in [0.25, 0.3) is 17.1 Å². The average Bonchev–Trinajstić information content (AvgIpc) is 4.08. The van der Waals surface area contributed by atoms with Gasteiger partial charge in [-0.3, -0.25) is 9.67 Å².